The number of benzene rings is 1. The van der Waals surface area contributed by atoms with E-state index in [0.717, 1.165) is 19.0 Å². The molecule has 27 heavy (non-hydrogen) atoms. The van der Waals surface area contributed by atoms with E-state index in [4.69, 9.17) is 10.5 Å². The Balaban J connectivity index is 1.61. The normalized spacial score (nSPS) is 16.6. The van der Waals surface area contributed by atoms with Crippen LogP contribution in [0.5, 0.6) is 11.6 Å². The lowest BCUT2D eigenvalue weighted by Crippen LogP contribution is -2.34. The van der Waals surface area contributed by atoms with Crippen LogP contribution in [0.4, 0.5) is 20.7 Å². The van der Waals surface area contributed by atoms with Gasteiger partial charge in [0.15, 0.2) is 11.6 Å². The number of carbonyl (C=O) groups excluding carboxylic acids is 1. The van der Waals surface area contributed by atoms with E-state index in [2.05, 4.69) is 20.2 Å². The maximum absolute atomic E-state index is 13.8. The molecule has 1 aromatic heterocycles. The molecule has 1 aliphatic rings. The standard InChI is InChI=1S/C18H23FN6O2/c1-24(2)9-12-5-6-25(10-12)18(26)23-16-8-17(22-11-21-16)27-15-4-3-13(20)7-14(15)19/h3-4,7-8,11-12H,5-6,9-10,20H2,1-2H3,(H,21,22,23,26). The highest BCUT2D eigenvalue weighted by Crippen LogP contribution is 2.25. The number of halogens is 1. The van der Waals surface area contributed by atoms with Crippen LogP contribution in [0.15, 0.2) is 30.6 Å². The first-order valence-corrected chi connectivity index (χ1v) is 8.66. The third-order valence-corrected chi connectivity index (χ3v) is 4.24. The molecule has 0 spiro atoms. The zero-order valence-corrected chi connectivity index (χ0v) is 15.4. The lowest BCUT2D eigenvalue weighted by molar-refractivity contribution is 0.219. The van der Waals surface area contributed by atoms with Crippen LogP contribution in [-0.2, 0) is 0 Å². The zero-order valence-electron chi connectivity index (χ0n) is 15.4. The third-order valence-electron chi connectivity index (χ3n) is 4.24. The number of hydrogen-bond acceptors (Lipinski definition) is 6. The Bertz CT molecular complexity index is 816. The molecule has 2 heterocycles. The molecule has 3 rings (SSSR count). The van der Waals surface area contributed by atoms with Crippen LogP contribution in [-0.4, -0.2) is 59.5 Å². The number of likely N-dealkylation sites (tertiary alicyclic amines) is 1. The molecule has 0 saturated carbocycles. The maximum atomic E-state index is 13.8. The number of nitrogens with zero attached hydrogens (tertiary/aromatic N) is 4. The highest BCUT2D eigenvalue weighted by atomic mass is 19.1. The van der Waals surface area contributed by atoms with Crippen LogP contribution in [0.1, 0.15) is 6.42 Å². The molecule has 0 aliphatic carbocycles. The van der Waals surface area contributed by atoms with Crippen molar-refractivity contribution in [2.24, 2.45) is 5.92 Å². The smallest absolute Gasteiger partial charge is 0.323 e. The number of hydrogen-bond donors (Lipinski definition) is 2. The van der Waals surface area contributed by atoms with E-state index in [9.17, 15) is 9.18 Å². The van der Waals surface area contributed by atoms with Crippen molar-refractivity contribution in [3.63, 3.8) is 0 Å². The number of nitrogens with one attached hydrogen (secondary N) is 1. The first kappa shape index (κ1) is 18.8. The Kier molecular flexibility index (Phi) is 5.70. The molecule has 2 aromatic rings. The van der Waals surface area contributed by atoms with Crippen LogP contribution in [0.2, 0.25) is 0 Å². The molecule has 2 amide bonds. The zero-order chi connectivity index (χ0) is 19.4. The monoisotopic (exact) mass is 374 g/mol. The molecule has 3 N–H and O–H groups in total. The minimum Gasteiger partial charge on any atom is -0.436 e. The van der Waals surface area contributed by atoms with Crippen LogP contribution in [0.25, 0.3) is 0 Å². The fourth-order valence-electron chi connectivity index (χ4n) is 3.05. The molecule has 1 unspecified atom stereocenters. The summed E-state index contributed by atoms with van der Waals surface area (Å²) in [5.74, 6) is 0.269. The molecule has 1 aliphatic heterocycles. The summed E-state index contributed by atoms with van der Waals surface area (Å²) in [6, 6.07) is 5.33. The maximum Gasteiger partial charge on any atom is 0.323 e. The van der Waals surface area contributed by atoms with Gasteiger partial charge in [0.05, 0.1) is 0 Å². The van der Waals surface area contributed by atoms with Crippen molar-refractivity contribution in [1.29, 1.82) is 0 Å². The predicted octanol–water partition coefficient (Wildman–Crippen LogP) is 2.41. The van der Waals surface area contributed by atoms with Crippen LogP contribution in [0.3, 0.4) is 0 Å². The van der Waals surface area contributed by atoms with Gasteiger partial charge in [-0.2, -0.15) is 0 Å². The molecule has 8 nitrogen and oxygen atoms in total. The number of rotatable bonds is 5. The van der Waals surface area contributed by atoms with Gasteiger partial charge in [0.1, 0.15) is 12.1 Å². The molecule has 1 atom stereocenters. The third kappa shape index (κ3) is 5.04. The van der Waals surface area contributed by atoms with Crippen LogP contribution < -0.4 is 15.8 Å². The van der Waals surface area contributed by atoms with Gasteiger partial charge in [-0.25, -0.2) is 19.2 Å². The Labute approximate surface area is 157 Å². The largest absolute Gasteiger partial charge is 0.436 e. The minimum atomic E-state index is -0.594. The SMILES string of the molecule is CN(C)CC1CCN(C(=O)Nc2cc(Oc3ccc(N)cc3F)ncn2)C1. The number of amides is 2. The second kappa shape index (κ2) is 8.17. The predicted molar refractivity (Wildman–Crippen MR) is 100 cm³/mol. The highest BCUT2D eigenvalue weighted by Gasteiger charge is 2.26. The van der Waals surface area contributed by atoms with E-state index in [1.54, 1.807) is 4.90 Å². The number of ether oxygens (including phenoxy) is 1. The van der Waals surface area contributed by atoms with Crippen molar-refractivity contribution in [2.45, 2.75) is 6.42 Å². The van der Waals surface area contributed by atoms with Gasteiger partial charge in [-0.1, -0.05) is 0 Å². The number of anilines is 2. The Morgan fingerprint density at radius 1 is 1.41 bits per heavy atom. The number of nitrogens with two attached hydrogens (primary N) is 1. The summed E-state index contributed by atoms with van der Waals surface area (Å²) >= 11 is 0. The Hall–Kier alpha value is -2.94. The molecule has 1 aromatic carbocycles. The van der Waals surface area contributed by atoms with Gasteiger partial charge in [0, 0.05) is 37.5 Å². The van der Waals surface area contributed by atoms with Crippen molar-refractivity contribution in [3.05, 3.63) is 36.4 Å². The van der Waals surface area contributed by atoms with Crippen molar-refractivity contribution in [1.82, 2.24) is 19.8 Å². The lowest BCUT2D eigenvalue weighted by Gasteiger charge is -2.19. The topological polar surface area (TPSA) is 96.6 Å². The quantitative estimate of drug-likeness (QED) is 0.780. The average molecular weight is 374 g/mol. The molecule has 1 fully saturated rings. The van der Waals surface area contributed by atoms with E-state index in [-0.39, 0.29) is 23.5 Å². The summed E-state index contributed by atoms with van der Waals surface area (Å²) in [7, 11) is 4.05. The number of carbonyl (C=O) groups is 1. The van der Waals surface area contributed by atoms with Crippen LogP contribution >= 0.6 is 0 Å². The summed E-state index contributed by atoms with van der Waals surface area (Å²) in [5.41, 5.74) is 5.82. The van der Waals surface area contributed by atoms with Crippen molar-refractivity contribution >= 4 is 17.5 Å². The van der Waals surface area contributed by atoms with E-state index in [0.29, 0.717) is 24.7 Å². The molecular formula is C18H23FN6O2. The number of aromatic nitrogens is 2. The van der Waals surface area contributed by atoms with Gasteiger partial charge in [0.2, 0.25) is 5.88 Å². The molecular weight excluding hydrogens is 351 g/mol. The van der Waals surface area contributed by atoms with Crippen molar-refractivity contribution in [3.8, 4) is 11.6 Å². The van der Waals surface area contributed by atoms with Gasteiger partial charge in [-0.05, 0) is 38.6 Å². The summed E-state index contributed by atoms with van der Waals surface area (Å²) in [4.78, 5) is 24.3. The number of nitrogen functional groups attached to an aromatic ring is 1. The van der Waals surface area contributed by atoms with E-state index in [1.807, 2.05) is 14.1 Å². The van der Waals surface area contributed by atoms with Gasteiger partial charge < -0.3 is 20.3 Å². The first-order valence-electron chi connectivity index (χ1n) is 8.66. The molecule has 9 heteroatoms. The van der Waals surface area contributed by atoms with Gasteiger partial charge >= 0.3 is 6.03 Å². The Morgan fingerprint density at radius 3 is 2.96 bits per heavy atom. The van der Waals surface area contributed by atoms with Crippen molar-refractivity contribution in [2.75, 3.05) is 44.8 Å². The summed E-state index contributed by atoms with van der Waals surface area (Å²) in [6.45, 7) is 2.35. The molecule has 0 bridgehead atoms. The van der Waals surface area contributed by atoms with E-state index < -0.39 is 5.82 Å². The van der Waals surface area contributed by atoms with E-state index in [1.165, 1.54) is 24.5 Å². The second-order valence-corrected chi connectivity index (χ2v) is 6.83. The number of urea groups is 1. The fourth-order valence-corrected chi connectivity index (χ4v) is 3.05. The minimum absolute atomic E-state index is 0.00810. The second-order valence-electron chi connectivity index (χ2n) is 6.83. The molecule has 1 saturated heterocycles. The van der Waals surface area contributed by atoms with Crippen molar-refractivity contribution < 1.29 is 13.9 Å². The van der Waals surface area contributed by atoms with Crippen LogP contribution in [0, 0.1) is 11.7 Å². The average Bonchev–Trinajstić information content (AvgIpc) is 3.06. The Morgan fingerprint density at radius 2 is 2.22 bits per heavy atom. The van der Waals surface area contributed by atoms with Gasteiger partial charge in [-0.15, -0.1) is 0 Å². The lowest BCUT2D eigenvalue weighted by atomic mass is 10.1. The molecule has 144 valence electrons. The molecule has 0 radical (unpaired) electrons. The van der Waals surface area contributed by atoms with E-state index >= 15 is 0 Å². The summed E-state index contributed by atoms with van der Waals surface area (Å²) in [5, 5.41) is 2.74. The fraction of sp³-hybridized carbons (Fsp3) is 0.389. The summed E-state index contributed by atoms with van der Waals surface area (Å²) in [6.07, 6.45) is 2.22. The first-order chi connectivity index (χ1) is 12.9. The summed E-state index contributed by atoms with van der Waals surface area (Å²) < 4.78 is 19.3. The van der Waals surface area contributed by atoms with Gasteiger partial charge in [-0.3, -0.25) is 5.32 Å². The highest BCUT2D eigenvalue weighted by molar-refractivity contribution is 5.88. The van der Waals surface area contributed by atoms with Gasteiger partial charge in [0.25, 0.3) is 0 Å².